The smallest absolute Gasteiger partial charge is 0.0189 e. The van der Waals surface area contributed by atoms with E-state index in [0.717, 1.165) is 12.6 Å². The maximum atomic E-state index is 3.35. The largest absolute Gasteiger partial charge is 0.317 e. The first-order valence-corrected chi connectivity index (χ1v) is 5.27. The predicted molar refractivity (Wildman–Crippen MR) is 58.0 cm³/mol. The molecule has 1 aliphatic rings. The second kappa shape index (κ2) is 5.40. The zero-order chi connectivity index (χ0) is 9.68. The van der Waals surface area contributed by atoms with Gasteiger partial charge in [0.15, 0.2) is 0 Å². The van der Waals surface area contributed by atoms with Crippen LogP contribution in [0.15, 0.2) is 11.6 Å². The summed E-state index contributed by atoms with van der Waals surface area (Å²) in [6, 6.07) is 0.752. The molecule has 0 atom stereocenters. The molecule has 1 heterocycles. The van der Waals surface area contributed by atoms with Crippen LogP contribution in [0.25, 0.3) is 0 Å². The van der Waals surface area contributed by atoms with Crippen molar-refractivity contribution < 1.29 is 0 Å². The fourth-order valence-corrected chi connectivity index (χ4v) is 1.82. The van der Waals surface area contributed by atoms with Gasteiger partial charge in [-0.3, -0.25) is 4.90 Å². The van der Waals surface area contributed by atoms with Crippen molar-refractivity contribution in [3.63, 3.8) is 0 Å². The highest BCUT2D eigenvalue weighted by atomic mass is 15.1. The van der Waals surface area contributed by atoms with Gasteiger partial charge in [-0.05, 0) is 46.8 Å². The Labute approximate surface area is 82.0 Å². The van der Waals surface area contributed by atoms with E-state index < -0.39 is 0 Å². The lowest BCUT2D eigenvalue weighted by molar-refractivity contribution is 0.216. The Bertz CT molecular complexity index is 167. The van der Waals surface area contributed by atoms with Gasteiger partial charge < -0.3 is 5.32 Å². The van der Waals surface area contributed by atoms with E-state index in [1.807, 2.05) is 0 Å². The van der Waals surface area contributed by atoms with Crippen LogP contribution < -0.4 is 5.32 Å². The Hall–Kier alpha value is -0.340. The third kappa shape index (κ3) is 3.49. The summed E-state index contributed by atoms with van der Waals surface area (Å²) in [5, 5.41) is 3.35. The Morgan fingerprint density at radius 1 is 1.46 bits per heavy atom. The molecule has 0 saturated carbocycles. The van der Waals surface area contributed by atoms with Gasteiger partial charge in [-0.15, -0.1) is 0 Å². The Balaban J connectivity index is 2.25. The highest BCUT2D eigenvalue weighted by molar-refractivity contribution is 4.99. The number of piperidine rings is 1. The zero-order valence-electron chi connectivity index (χ0n) is 9.14. The van der Waals surface area contributed by atoms with Crippen LogP contribution in [-0.4, -0.2) is 37.6 Å². The van der Waals surface area contributed by atoms with Gasteiger partial charge >= 0.3 is 0 Å². The van der Waals surface area contributed by atoms with Gasteiger partial charge in [-0.1, -0.05) is 11.6 Å². The molecule has 0 unspecified atom stereocenters. The van der Waals surface area contributed by atoms with E-state index in [9.17, 15) is 0 Å². The lowest BCUT2D eigenvalue weighted by atomic mass is 10.0. The summed E-state index contributed by atoms with van der Waals surface area (Å²) in [6.07, 6.45) is 4.81. The van der Waals surface area contributed by atoms with Crippen molar-refractivity contribution in [2.75, 3.05) is 26.7 Å². The van der Waals surface area contributed by atoms with E-state index in [2.05, 4.69) is 37.2 Å². The molecule has 0 radical (unpaired) electrons. The number of nitrogens with zero attached hydrogens (tertiary/aromatic N) is 1. The summed E-state index contributed by atoms with van der Waals surface area (Å²) >= 11 is 0. The molecule has 0 aromatic carbocycles. The molecule has 0 aromatic heterocycles. The molecule has 2 nitrogen and oxygen atoms in total. The van der Waals surface area contributed by atoms with Crippen molar-refractivity contribution in [1.29, 1.82) is 0 Å². The summed E-state index contributed by atoms with van der Waals surface area (Å²) in [6.45, 7) is 7.99. The third-order valence-corrected chi connectivity index (χ3v) is 2.96. The summed E-state index contributed by atoms with van der Waals surface area (Å²) in [7, 11) is 2.07. The SMILES string of the molecule is C/C=C(\C)CN1CCC(NC)CC1. The molecule has 1 fully saturated rings. The quantitative estimate of drug-likeness (QED) is 0.667. The van der Waals surface area contributed by atoms with Gasteiger partial charge in [0.1, 0.15) is 0 Å². The molecule has 1 aliphatic heterocycles. The van der Waals surface area contributed by atoms with Crippen LogP contribution in [0.5, 0.6) is 0 Å². The standard InChI is InChI=1S/C11H22N2/c1-4-10(2)9-13-7-5-11(12-3)6-8-13/h4,11-12H,5-9H2,1-3H3/b10-4+. The molecular formula is C11H22N2. The van der Waals surface area contributed by atoms with E-state index in [0.29, 0.717) is 0 Å². The second-order valence-electron chi connectivity index (χ2n) is 3.97. The molecule has 2 heteroatoms. The molecule has 0 amide bonds. The first kappa shape index (κ1) is 10.7. The van der Waals surface area contributed by atoms with Crippen LogP contribution >= 0.6 is 0 Å². The minimum Gasteiger partial charge on any atom is -0.317 e. The van der Waals surface area contributed by atoms with Gasteiger partial charge in [0.2, 0.25) is 0 Å². The van der Waals surface area contributed by atoms with Crippen molar-refractivity contribution in [1.82, 2.24) is 10.2 Å². The number of rotatable bonds is 3. The van der Waals surface area contributed by atoms with Crippen molar-refractivity contribution in [2.24, 2.45) is 0 Å². The number of hydrogen-bond acceptors (Lipinski definition) is 2. The monoisotopic (exact) mass is 182 g/mol. The van der Waals surface area contributed by atoms with Crippen LogP contribution in [0.4, 0.5) is 0 Å². The minimum atomic E-state index is 0.752. The summed E-state index contributed by atoms with van der Waals surface area (Å²) in [4.78, 5) is 2.54. The molecule has 0 aromatic rings. The Morgan fingerprint density at radius 3 is 2.54 bits per heavy atom. The first-order chi connectivity index (χ1) is 6.26. The highest BCUT2D eigenvalue weighted by Gasteiger charge is 2.16. The molecule has 0 spiro atoms. The zero-order valence-corrected chi connectivity index (χ0v) is 9.14. The molecule has 13 heavy (non-hydrogen) atoms. The fourth-order valence-electron chi connectivity index (χ4n) is 1.82. The van der Waals surface area contributed by atoms with E-state index in [1.54, 1.807) is 0 Å². The Kier molecular flexibility index (Phi) is 4.46. The molecular weight excluding hydrogens is 160 g/mol. The van der Waals surface area contributed by atoms with Crippen molar-refractivity contribution >= 4 is 0 Å². The molecule has 0 bridgehead atoms. The third-order valence-electron chi connectivity index (χ3n) is 2.96. The highest BCUT2D eigenvalue weighted by Crippen LogP contribution is 2.11. The summed E-state index contributed by atoms with van der Waals surface area (Å²) in [5.41, 5.74) is 1.49. The van der Waals surface area contributed by atoms with Crippen molar-refractivity contribution in [2.45, 2.75) is 32.7 Å². The van der Waals surface area contributed by atoms with Gasteiger partial charge in [0.25, 0.3) is 0 Å². The minimum absolute atomic E-state index is 0.752. The summed E-state index contributed by atoms with van der Waals surface area (Å²) in [5.74, 6) is 0. The lowest BCUT2D eigenvalue weighted by Gasteiger charge is -2.31. The Morgan fingerprint density at radius 2 is 2.08 bits per heavy atom. The van der Waals surface area contributed by atoms with Crippen LogP contribution in [-0.2, 0) is 0 Å². The van der Waals surface area contributed by atoms with Gasteiger partial charge in [0.05, 0.1) is 0 Å². The fraction of sp³-hybridized carbons (Fsp3) is 0.818. The number of allylic oxidation sites excluding steroid dienone is 1. The lowest BCUT2D eigenvalue weighted by Crippen LogP contribution is -2.41. The van der Waals surface area contributed by atoms with Crippen molar-refractivity contribution in [3.8, 4) is 0 Å². The second-order valence-corrected chi connectivity index (χ2v) is 3.97. The van der Waals surface area contributed by atoms with Gasteiger partial charge in [-0.2, -0.15) is 0 Å². The molecule has 76 valence electrons. The van der Waals surface area contributed by atoms with Crippen molar-refractivity contribution in [3.05, 3.63) is 11.6 Å². The average molecular weight is 182 g/mol. The molecule has 0 aliphatic carbocycles. The van der Waals surface area contributed by atoms with E-state index >= 15 is 0 Å². The van der Waals surface area contributed by atoms with Crippen LogP contribution in [0.3, 0.4) is 0 Å². The normalized spacial score (nSPS) is 22.2. The average Bonchev–Trinajstić information content (AvgIpc) is 2.19. The van der Waals surface area contributed by atoms with E-state index in [-0.39, 0.29) is 0 Å². The molecule has 1 saturated heterocycles. The predicted octanol–water partition coefficient (Wildman–Crippen LogP) is 1.64. The van der Waals surface area contributed by atoms with E-state index in [1.165, 1.54) is 31.5 Å². The van der Waals surface area contributed by atoms with Crippen LogP contribution in [0, 0.1) is 0 Å². The van der Waals surface area contributed by atoms with Crippen LogP contribution in [0.2, 0.25) is 0 Å². The van der Waals surface area contributed by atoms with Gasteiger partial charge in [0, 0.05) is 12.6 Å². The number of likely N-dealkylation sites (tertiary alicyclic amines) is 1. The van der Waals surface area contributed by atoms with Gasteiger partial charge in [-0.25, -0.2) is 0 Å². The topological polar surface area (TPSA) is 15.3 Å². The maximum absolute atomic E-state index is 3.35. The first-order valence-electron chi connectivity index (χ1n) is 5.27. The molecule has 1 N–H and O–H groups in total. The number of nitrogens with one attached hydrogen (secondary N) is 1. The maximum Gasteiger partial charge on any atom is 0.0189 e. The van der Waals surface area contributed by atoms with E-state index in [4.69, 9.17) is 0 Å². The number of hydrogen-bond donors (Lipinski definition) is 1. The molecule has 1 rings (SSSR count). The van der Waals surface area contributed by atoms with Crippen LogP contribution in [0.1, 0.15) is 26.7 Å². The summed E-state index contributed by atoms with van der Waals surface area (Å²) < 4.78 is 0.